The Bertz CT molecular complexity index is 311. The van der Waals surface area contributed by atoms with Gasteiger partial charge in [-0.3, -0.25) is 9.59 Å². The zero-order chi connectivity index (χ0) is 15.1. The fourth-order valence-electron chi connectivity index (χ4n) is 1.63. The Kier molecular flexibility index (Phi) is 7.05. The summed E-state index contributed by atoms with van der Waals surface area (Å²) in [6.07, 6.45) is 1.86. The molecule has 0 radical (unpaired) electrons. The molecule has 19 heavy (non-hydrogen) atoms. The van der Waals surface area contributed by atoms with E-state index in [1.54, 1.807) is 7.11 Å². The summed E-state index contributed by atoms with van der Waals surface area (Å²) in [5, 5.41) is 11.5. The first-order valence-corrected chi connectivity index (χ1v) is 6.62. The van der Waals surface area contributed by atoms with E-state index in [9.17, 15) is 9.59 Å². The Hall–Kier alpha value is -1.10. The second kappa shape index (κ2) is 7.48. The van der Waals surface area contributed by atoms with Gasteiger partial charge in [0, 0.05) is 20.1 Å². The summed E-state index contributed by atoms with van der Waals surface area (Å²) in [6.45, 7) is 8.32. The van der Waals surface area contributed by atoms with Crippen molar-refractivity contribution in [3.8, 4) is 0 Å². The molecule has 0 aliphatic rings. The van der Waals surface area contributed by atoms with Gasteiger partial charge in [-0.15, -0.1) is 0 Å². The first kappa shape index (κ1) is 17.9. The van der Waals surface area contributed by atoms with Gasteiger partial charge in [0.1, 0.15) is 0 Å². The van der Waals surface area contributed by atoms with Gasteiger partial charge in [-0.1, -0.05) is 13.8 Å². The minimum atomic E-state index is -0.779. The predicted molar refractivity (Wildman–Crippen MR) is 74.0 cm³/mol. The molecule has 0 rings (SSSR count). The number of ether oxygens (including phenoxy) is 1. The van der Waals surface area contributed by atoms with Crippen molar-refractivity contribution in [2.45, 2.75) is 59.0 Å². The Morgan fingerprint density at radius 2 is 1.74 bits per heavy atom. The molecule has 0 aromatic heterocycles. The van der Waals surface area contributed by atoms with Crippen LogP contribution in [0.4, 0.5) is 0 Å². The summed E-state index contributed by atoms with van der Waals surface area (Å²) in [7, 11) is 1.59. The zero-order valence-electron chi connectivity index (χ0n) is 12.7. The lowest BCUT2D eigenvalue weighted by Crippen LogP contribution is -2.35. The lowest BCUT2D eigenvalue weighted by molar-refractivity contribution is -0.137. The minimum Gasteiger partial charge on any atom is -0.481 e. The molecule has 5 nitrogen and oxygen atoms in total. The molecule has 112 valence electrons. The molecule has 0 aliphatic heterocycles. The standard InChI is InChI=1S/C14H27NO4/c1-13(2,7-6-12(17)18)8-9-15-11(16)10-14(3,4)19-5/h6-10H2,1-5H3,(H,15,16)(H,17,18). The molecular formula is C14H27NO4. The van der Waals surface area contributed by atoms with Crippen LogP contribution in [0.15, 0.2) is 0 Å². The topological polar surface area (TPSA) is 75.6 Å². The molecule has 0 fully saturated rings. The lowest BCUT2D eigenvalue weighted by atomic mass is 9.84. The van der Waals surface area contributed by atoms with E-state index in [4.69, 9.17) is 9.84 Å². The molecule has 0 atom stereocenters. The first-order valence-electron chi connectivity index (χ1n) is 6.62. The first-order chi connectivity index (χ1) is 8.58. The number of hydrogen-bond donors (Lipinski definition) is 2. The summed E-state index contributed by atoms with van der Waals surface area (Å²) in [4.78, 5) is 22.2. The van der Waals surface area contributed by atoms with E-state index in [0.29, 0.717) is 19.4 Å². The van der Waals surface area contributed by atoms with Crippen LogP contribution in [0.2, 0.25) is 0 Å². The quantitative estimate of drug-likeness (QED) is 0.675. The SMILES string of the molecule is COC(C)(C)CC(=O)NCCC(C)(C)CCC(=O)O. The third-order valence-electron chi connectivity index (χ3n) is 3.28. The second-order valence-corrected chi connectivity index (χ2v) is 6.30. The van der Waals surface area contributed by atoms with Crippen LogP contribution in [0.1, 0.15) is 53.4 Å². The van der Waals surface area contributed by atoms with E-state index in [0.717, 1.165) is 6.42 Å². The third kappa shape index (κ3) is 9.47. The van der Waals surface area contributed by atoms with Gasteiger partial charge >= 0.3 is 5.97 Å². The molecule has 0 bridgehead atoms. The van der Waals surface area contributed by atoms with Crippen LogP contribution in [-0.4, -0.2) is 36.2 Å². The number of rotatable bonds is 9. The number of amides is 1. The molecule has 0 saturated heterocycles. The average Bonchev–Trinajstić information content (AvgIpc) is 2.25. The molecule has 1 amide bonds. The van der Waals surface area contributed by atoms with Gasteiger partial charge in [0.25, 0.3) is 0 Å². The molecule has 0 spiro atoms. The maximum atomic E-state index is 11.7. The van der Waals surface area contributed by atoms with Gasteiger partial charge < -0.3 is 15.2 Å². The van der Waals surface area contributed by atoms with Crippen molar-refractivity contribution in [2.24, 2.45) is 5.41 Å². The molecule has 0 unspecified atom stereocenters. The van der Waals surface area contributed by atoms with E-state index < -0.39 is 11.6 Å². The highest BCUT2D eigenvalue weighted by Gasteiger charge is 2.22. The average molecular weight is 273 g/mol. The van der Waals surface area contributed by atoms with Crippen LogP contribution >= 0.6 is 0 Å². The monoisotopic (exact) mass is 273 g/mol. The second-order valence-electron chi connectivity index (χ2n) is 6.30. The number of nitrogens with one attached hydrogen (secondary N) is 1. The molecule has 5 heteroatoms. The number of methoxy groups -OCH3 is 1. The maximum Gasteiger partial charge on any atom is 0.303 e. The number of carbonyl (C=O) groups excluding carboxylic acids is 1. The Morgan fingerprint density at radius 3 is 2.21 bits per heavy atom. The van der Waals surface area contributed by atoms with Crippen LogP contribution in [0, 0.1) is 5.41 Å². The summed E-state index contributed by atoms with van der Waals surface area (Å²) >= 11 is 0. The van der Waals surface area contributed by atoms with Crippen molar-refractivity contribution < 1.29 is 19.4 Å². The number of carbonyl (C=O) groups is 2. The van der Waals surface area contributed by atoms with Crippen molar-refractivity contribution in [3.63, 3.8) is 0 Å². The highest BCUT2D eigenvalue weighted by molar-refractivity contribution is 5.76. The van der Waals surface area contributed by atoms with E-state index in [1.807, 2.05) is 27.7 Å². The van der Waals surface area contributed by atoms with E-state index in [1.165, 1.54) is 0 Å². The molecule has 2 N–H and O–H groups in total. The summed E-state index contributed by atoms with van der Waals surface area (Å²) in [5.41, 5.74) is -0.536. The predicted octanol–water partition coefficient (Wildman–Crippen LogP) is 2.20. The van der Waals surface area contributed by atoms with Crippen molar-refractivity contribution in [3.05, 3.63) is 0 Å². The largest absolute Gasteiger partial charge is 0.481 e. The van der Waals surface area contributed by atoms with Gasteiger partial charge in [0.15, 0.2) is 0 Å². The lowest BCUT2D eigenvalue weighted by Gasteiger charge is -2.25. The molecule has 0 aromatic rings. The molecule has 0 aromatic carbocycles. The maximum absolute atomic E-state index is 11.7. The Labute approximate surface area is 115 Å². The van der Waals surface area contributed by atoms with Gasteiger partial charge in [-0.05, 0) is 32.1 Å². The fraction of sp³-hybridized carbons (Fsp3) is 0.857. The Balaban J connectivity index is 3.95. The number of aliphatic carboxylic acids is 1. The van der Waals surface area contributed by atoms with Crippen molar-refractivity contribution in [1.29, 1.82) is 0 Å². The van der Waals surface area contributed by atoms with Gasteiger partial charge in [-0.2, -0.15) is 0 Å². The van der Waals surface area contributed by atoms with Gasteiger partial charge in [-0.25, -0.2) is 0 Å². The number of carboxylic acid groups (broad SMARTS) is 1. The summed E-state index contributed by atoms with van der Waals surface area (Å²) in [6, 6.07) is 0. The van der Waals surface area contributed by atoms with Crippen molar-refractivity contribution in [2.75, 3.05) is 13.7 Å². The molecular weight excluding hydrogens is 246 g/mol. The van der Waals surface area contributed by atoms with E-state index >= 15 is 0 Å². The van der Waals surface area contributed by atoms with Crippen LogP contribution in [0.3, 0.4) is 0 Å². The molecule has 0 heterocycles. The van der Waals surface area contributed by atoms with Gasteiger partial charge in [0.05, 0.1) is 12.0 Å². The number of carboxylic acids is 1. The van der Waals surface area contributed by atoms with Crippen LogP contribution in [-0.2, 0) is 14.3 Å². The smallest absolute Gasteiger partial charge is 0.303 e. The van der Waals surface area contributed by atoms with E-state index in [-0.39, 0.29) is 17.7 Å². The zero-order valence-corrected chi connectivity index (χ0v) is 12.7. The molecule has 0 aliphatic carbocycles. The van der Waals surface area contributed by atoms with Gasteiger partial charge in [0.2, 0.25) is 5.91 Å². The van der Waals surface area contributed by atoms with Crippen LogP contribution in [0.5, 0.6) is 0 Å². The molecule has 0 saturated carbocycles. The number of hydrogen-bond acceptors (Lipinski definition) is 3. The third-order valence-corrected chi connectivity index (χ3v) is 3.28. The highest BCUT2D eigenvalue weighted by atomic mass is 16.5. The van der Waals surface area contributed by atoms with Crippen molar-refractivity contribution in [1.82, 2.24) is 5.32 Å². The summed E-state index contributed by atoms with van der Waals surface area (Å²) < 4.78 is 5.19. The Morgan fingerprint density at radius 1 is 1.16 bits per heavy atom. The van der Waals surface area contributed by atoms with E-state index in [2.05, 4.69) is 5.32 Å². The minimum absolute atomic E-state index is 0.0408. The van der Waals surface area contributed by atoms with Crippen LogP contribution in [0.25, 0.3) is 0 Å². The fourth-order valence-corrected chi connectivity index (χ4v) is 1.63. The highest BCUT2D eigenvalue weighted by Crippen LogP contribution is 2.26. The van der Waals surface area contributed by atoms with Crippen LogP contribution < -0.4 is 5.32 Å². The summed E-state index contributed by atoms with van der Waals surface area (Å²) in [5.74, 6) is -0.820. The normalized spacial score (nSPS) is 12.3. The van der Waals surface area contributed by atoms with Crippen molar-refractivity contribution >= 4 is 11.9 Å².